The number of carbonyl (C=O) groups excluding carboxylic acids is 3. The third-order valence-corrected chi connectivity index (χ3v) is 6.53. The van der Waals surface area contributed by atoms with E-state index in [1.807, 2.05) is 13.8 Å². The number of rotatable bonds is 7. The fourth-order valence-electron chi connectivity index (χ4n) is 3.46. The maximum absolute atomic E-state index is 13.0. The van der Waals surface area contributed by atoms with Gasteiger partial charge in [0.05, 0.1) is 26.9 Å². The molecule has 190 valence electrons. The Hall–Kier alpha value is -3.23. The summed E-state index contributed by atoms with van der Waals surface area (Å²) in [5.74, 6) is -1.11. The van der Waals surface area contributed by atoms with Crippen LogP contribution in [0.2, 0.25) is 15.1 Å². The minimum atomic E-state index is -0.768. The molecule has 3 amide bonds. The molecule has 0 atom stereocenters. The maximum atomic E-state index is 13.0. The molecule has 4 rings (SSSR count). The quantitative estimate of drug-likeness (QED) is 0.230. The lowest BCUT2D eigenvalue weighted by atomic mass is 10.2. The van der Waals surface area contributed by atoms with Crippen molar-refractivity contribution in [1.82, 2.24) is 0 Å². The third kappa shape index (κ3) is 5.86. The smallest absolute Gasteiger partial charge is 0.283 e. The topological polar surface area (TPSA) is 87.7 Å². The van der Waals surface area contributed by atoms with Crippen molar-refractivity contribution < 1.29 is 19.1 Å². The van der Waals surface area contributed by atoms with Crippen LogP contribution in [0, 0.1) is 0 Å². The second-order valence-corrected chi connectivity index (χ2v) is 9.80. The molecule has 1 aliphatic rings. The van der Waals surface area contributed by atoms with Crippen LogP contribution in [0.25, 0.3) is 0 Å². The highest BCUT2D eigenvalue weighted by Crippen LogP contribution is 2.38. The number of hydrogen-bond donors (Lipinski definition) is 2. The Morgan fingerprint density at radius 3 is 2.03 bits per heavy atom. The van der Waals surface area contributed by atoms with Crippen LogP contribution in [-0.4, -0.2) is 23.8 Å². The van der Waals surface area contributed by atoms with Crippen LogP contribution in [0.5, 0.6) is 5.75 Å². The number of nitrogens with one attached hydrogen (secondary N) is 2. The van der Waals surface area contributed by atoms with E-state index in [4.69, 9.17) is 51.1 Å². The van der Waals surface area contributed by atoms with Gasteiger partial charge in [0.25, 0.3) is 17.7 Å². The van der Waals surface area contributed by atoms with E-state index in [-0.39, 0.29) is 43.5 Å². The Morgan fingerprint density at radius 2 is 1.41 bits per heavy atom. The molecule has 0 spiro atoms. The van der Waals surface area contributed by atoms with E-state index in [9.17, 15) is 14.4 Å². The van der Waals surface area contributed by atoms with Gasteiger partial charge in [-0.25, -0.2) is 4.90 Å². The summed E-state index contributed by atoms with van der Waals surface area (Å²) >= 11 is 24.4. The molecule has 0 saturated heterocycles. The molecular formula is C26H19Cl4N3O4. The number of ether oxygens (including phenoxy) is 1. The zero-order chi connectivity index (χ0) is 26.9. The molecule has 3 aromatic rings. The van der Waals surface area contributed by atoms with Crippen molar-refractivity contribution in [2.45, 2.75) is 20.0 Å². The Balaban J connectivity index is 1.45. The van der Waals surface area contributed by atoms with Crippen LogP contribution in [0.4, 0.5) is 17.1 Å². The monoisotopic (exact) mass is 577 g/mol. The van der Waals surface area contributed by atoms with E-state index in [0.29, 0.717) is 22.7 Å². The van der Waals surface area contributed by atoms with E-state index in [1.54, 1.807) is 48.5 Å². The Labute approximate surface area is 232 Å². The molecule has 7 nitrogen and oxygen atoms in total. The van der Waals surface area contributed by atoms with Crippen molar-refractivity contribution in [3.8, 4) is 5.75 Å². The minimum Gasteiger partial charge on any atom is -0.491 e. The lowest BCUT2D eigenvalue weighted by Gasteiger charge is -2.17. The Bertz CT molecular complexity index is 1420. The van der Waals surface area contributed by atoms with Crippen molar-refractivity contribution in [3.05, 3.63) is 92.0 Å². The summed E-state index contributed by atoms with van der Waals surface area (Å²) in [5.41, 5.74) is 1.33. The predicted octanol–water partition coefficient (Wildman–Crippen LogP) is 7.12. The lowest BCUT2D eigenvalue weighted by molar-refractivity contribution is -0.120. The van der Waals surface area contributed by atoms with Gasteiger partial charge in [-0.2, -0.15) is 0 Å². The van der Waals surface area contributed by atoms with Gasteiger partial charge in [0.1, 0.15) is 16.5 Å². The average molecular weight is 579 g/mol. The van der Waals surface area contributed by atoms with Gasteiger partial charge in [0.2, 0.25) is 0 Å². The molecule has 0 unspecified atom stereocenters. The zero-order valence-electron chi connectivity index (χ0n) is 19.4. The largest absolute Gasteiger partial charge is 0.491 e. The number of hydrogen-bond acceptors (Lipinski definition) is 5. The van der Waals surface area contributed by atoms with Gasteiger partial charge in [-0.05, 0) is 74.5 Å². The van der Waals surface area contributed by atoms with Crippen LogP contribution < -0.4 is 20.3 Å². The molecule has 0 aliphatic carbocycles. The highest BCUT2D eigenvalue weighted by Gasteiger charge is 2.40. The van der Waals surface area contributed by atoms with Gasteiger partial charge in [-0.3, -0.25) is 14.4 Å². The van der Waals surface area contributed by atoms with Crippen LogP contribution in [-0.2, 0) is 9.59 Å². The first kappa shape index (κ1) is 26.8. The second-order valence-electron chi connectivity index (χ2n) is 8.20. The van der Waals surface area contributed by atoms with E-state index < -0.39 is 11.8 Å². The fourth-order valence-corrected chi connectivity index (χ4v) is 4.29. The normalized spacial score (nSPS) is 13.4. The summed E-state index contributed by atoms with van der Waals surface area (Å²) in [6.45, 7) is 3.86. The summed E-state index contributed by atoms with van der Waals surface area (Å²) in [5, 5.41) is 5.67. The predicted molar refractivity (Wildman–Crippen MR) is 147 cm³/mol. The fraction of sp³-hybridized carbons (Fsp3) is 0.115. The first-order valence-electron chi connectivity index (χ1n) is 10.9. The molecule has 0 fully saturated rings. The summed E-state index contributed by atoms with van der Waals surface area (Å²) in [7, 11) is 0. The summed E-state index contributed by atoms with van der Waals surface area (Å²) in [6, 6.07) is 16.0. The molecule has 0 saturated carbocycles. The van der Waals surface area contributed by atoms with Crippen molar-refractivity contribution in [2.24, 2.45) is 0 Å². The van der Waals surface area contributed by atoms with E-state index >= 15 is 0 Å². The highest BCUT2D eigenvalue weighted by molar-refractivity contribution is 6.54. The number of benzene rings is 3. The maximum Gasteiger partial charge on any atom is 0.283 e. The van der Waals surface area contributed by atoms with E-state index in [1.165, 1.54) is 12.1 Å². The summed E-state index contributed by atoms with van der Waals surface area (Å²) < 4.78 is 5.60. The molecule has 0 aromatic heterocycles. The van der Waals surface area contributed by atoms with Crippen molar-refractivity contribution in [2.75, 3.05) is 15.5 Å². The van der Waals surface area contributed by atoms with E-state index in [0.717, 1.165) is 4.90 Å². The van der Waals surface area contributed by atoms with E-state index in [2.05, 4.69) is 10.6 Å². The average Bonchev–Trinajstić information content (AvgIpc) is 3.06. The highest BCUT2D eigenvalue weighted by atomic mass is 35.5. The lowest BCUT2D eigenvalue weighted by Crippen LogP contribution is -2.32. The van der Waals surface area contributed by atoms with Crippen molar-refractivity contribution in [1.29, 1.82) is 0 Å². The minimum absolute atomic E-state index is 0.0488. The van der Waals surface area contributed by atoms with Crippen molar-refractivity contribution in [3.63, 3.8) is 0 Å². The van der Waals surface area contributed by atoms with Gasteiger partial charge in [0, 0.05) is 16.9 Å². The summed E-state index contributed by atoms with van der Waals surface area (Å²) in [4.78, 5) is 39.2. The van der Waals surface area contributed by atoms with Gasteiger partial charge in [-0.15, -0.1) is 0 Å². The van der Waals surface area contributed by atoms with Gasteiger partial charge >= 0.3 is 0 Å². The first-order valence-corrected chi connectivity index (χ1v) is 12.4. The molecule has 0 radical (unpaired) electrons. The van der Waals surface area contributed by atoms with Crippen LogP contribution in [0.15, 0.2) is 71.4 Å². The number of imide groups is 1. The molecule has 37 heavy (non-hydrogen) atoms. The molecule has 2 N–H and O–H groups in total. The number of halogens is 4. The molecule has 11 heteroatoms. The SMILES string of the molecule is CC(C)Oc1ccc(NC(=O)c2ccc(NC3=C(Cl)C(=O)N(c4cc(Cl)c(Cl)cc4Cl)C3=O)cc2)cc1. The third-order valence-electron chi connectivity index (χ3n) is 5.16. The van der Waals surface area contributed by atoms with Gasteiger partial charge in [-0.1, -0.05) is 46.4 Å². The van der Waals surface area contributed by atoms with Crippen molar-refractivity contribution >= 4 is 81.2 Å². The molecule has 0 bridgehead atoms. The number of amides is 3. The second kappa shape index (κ2) is 11.0. The number of nitrogens with zero attached hydrogens (tertiary/aromatic N) is 1. The Kier molecular flexibility index (Phi) is 7.99. The first-order chi connectivity index (χ1) is 17.5. The molecule has 3 aromatic carbocycles. The standard InChI is InChI=1S/C26H19Cl4N3O4/c1-13(2)37-17-9-7-16(8-10-17)32-24(34)14-3-5-15(6-4-14)31-23-22(30)25(35)33(26(23)36)21-12-19(28)18(27)11-20(21)29/h3-13,31H,1-2H3,(H,32,34). The van der Waals surface area contributed by atoms with Crippen LogP contribution >= 0.6 is 46.4 Å². The molecule has 1 aliphatic heterocycles. The molecular weight excluding hydrogens is 560 g/mol. The van der Waals surface area contributed by atoms with Gasteiger partial charge in [0.15, 0.2) is 0 Å². The zero-order valence-corrected chi connectivity index (χ0v) is 22.5. The van der Waals surface area contributed by atoms with Gasteiger partial charge < -0.3 is 15.4 Å². The van der Waals surface area contributed by atoms with Crippen LogP contribution in [0.3, 0.4) is 0 Å². The molecule has 1 heterocycles. The number of anilines is 3. The number of carbonyl (C=O) groups is 3. The van der Waals surface area contributed by atoms with Crippen LogP contribution in [0.1, 0.15) is 24.2 Å². The summed E-state index contributed by atoms with van der Waals surface area (Å²) in [6.07, 6.45) is 0.0488. The Morgan fingerprint density at radius 1 is 0.811 bits per heavy atom.